The molecule has 0 saturated heterocycles. The van der Waals surface area contributed by atoms with Gasteiger partial charge in [0.05, 0.1) is 12.4 Å². The summed E-state index contributed by atoms with van der Waals surface area (Å²) in [6.45, 7) is 6.59. The van der Waals surface area contributed by atoms with E-state index in [2.05, 4.69) is 42.9 Å². The lowest BCUT2D eigenvalue weighted by molar-refractivity contribution is 0.469. The van der Waals surface area contributed by atoms with Crippen molar-refractivity contribution in [1.29, 1.82) is 0 Å². The highest BCUT2D eigenvalue weighted by Gasteiger charge is 2.34. The normalized spacial score (nSPS) is 21.3. The topological polar surface area (TPSA) is 46.0 Å². The molecule has 0 spiro atoms. The summed E-state index contributed by atoms with van der Waals surface area (Å²) in [6.07, 6.45) is 2.90. The zero-order valence-electron chi connectivity index (χ0n) is 10.8. The second-order valence-corrected chi connectivity index (χ2v) is 5.10. The molecule has 0 aliphatic heterocycles. The van der Waals surface area contributed by atoms with Gasteiger partial charge in [-0.05, 0) is 35.4 Å². The van der Waals surface area contributed by atoms with Gasteiger partial charge in [0, 0.05) is 5.56 Å². The van der Waals surface area contributed by atoms with Gasteiger partial charge in [0.15, 0.2) is 11.6 Å². The minimum atomic E-state index is 0.104. The van der Waals surface area contributed by atoms with E-state index >= 15 is 0 Å². The molecule has 92 valence electrons. The molecule has 1 aliphatic carbocycles. The third-order valence-electron chi connectivity index (χ3n) is 4.05. The summed E-state index contributed by atoms with van der Waals surface area (Å²) in [6, 6.07) is 4.34. The number of aromatic hydroxyl groups is 1. The molecule has 1 N–H and O–H groups in total. The van der Waals surface area contributed by atoms with Gasteiger partial charge in [-0.25, -0.2) is 9.97 Å². The van der Waals surface area contributed by atoms with Crippen LogP contribution in [0, 0.1) is 6.92 Å². The van der Waals surface area contributed by atoms with E-state index in [9.17, 15) is 5.11 Å². The molecule has 0 bridgehead atoms. The Balaban J connectivity index is 2.21. The summed E-state index contributed by atoms with van der Waals surface area (Å²) in [5.41, 5.74) is 5.10. The lowest BCUT2D eigenvalue weighted by atomic mass is 9.67. The highest BCUT2D eigenvalue weighted by molar-refractivity contribution is 5.71. The molecule has 1 aromatic heterocycles. The maximum absolute atomic E-state index is 9.28. The SMILES string of the molecule is Cc1ccc2c(c1-c1ncc(O)cn1)[C@@H](C)[C@@H]2C. The third-order valence-corrected chi connectivity index (χ3v) is 4.05. The van der Waals surface area contributed by atoms with Crippen molar-refractivity contribution in [3.8, 4) is 17.1 Å². The van der Waals surface area contributed by atoms with E-state index in [-0.39, 0.29) is 5.75 Å². The van der Waals surface area contributed by atoms with Crippen molar-refractivity contribution >= 4 is 0 Å². The van der Waals surface area contributed by atoms with E-state index in [1.54, 1.807) is 0 Å². The fourth-order valence-electron chi connectivity index (χ4n) is 2.80. The number of aryl methyl sites for hydroxylation is 1. The smallest absolute Gasteiger partial charge is 0.159 e. The van der Waals surface area contributed by atoms with Gasteiger partial charge in [0.25, 0.3) is 0 Å². The lowest BCUT2D eigenvalue weighted by Gasteiger charge is -2.37. The molecule has 2 atom stereocenters. The molecule has 1 aliphatic rings. The number of hydrogen-bond donors (Lipinski definition) is 1. The van der Waals surface area contributed by atoms with Crippen LogP contribution in [0.5, 0.6) is 5.75 Å². The summed E-state index contributed by atoms with van der Waals surface area (Å²) in [7, 11) is 0. The molecular formula is C15H16N2O. The number of hydrogen-bond acceptors (Lipinski definition) is 3. The molecule has 18 heavy (non-hydrogen) atoms. The molecule has 0 radical (unpaired) electrons. The molecule has 1 heterocycles. The Labute approximate surface area is 107 Å². The van der Waals surface area contributed by atoms with E-state index in [1.807, 2.05) is 0 Å². The maximum Gasteiger partial charge on any atom is 0.159 e. The van der Waals surface area contributed by atoms with Crippen LogP contribution in [-0.4, -0.2) is 15.1 Å². The Hall–Kier alpha value is -1.90. The molecule has 0 amide bonds. The molecule has 1 aromatic carbocycles. The van der Waals surface area contributed by atoms with Gasteiger partial charge < -0.3 is 5.11 Å². The first kappa shape index (κ1) is 11.2. The van der Waals surface area contributed by atoms with Crippen LogP contribution in [0.3, 0.4) is 0 Å². The van der Waals surface area contributed by atoms with Crippen LogP contribution >= 0.6 is 0 Å². The molecule has 3 nitrogen and oxygen atoms in total. The summed E-state index contributed by atoms with van der Waals surface area (Å²) in [5.74, 6) is 1.97. The van der Waals surface area contributed by atoms with E-state index in [1.165, 1.54) is 29.1 Å². The standard InChI is InChI=1S/C15H16N2O/c1-8-4-5-12-9(2)10(3)14(12)13(8)15-16-6-11(18)7-17-15/h4-7,9-10,18H,1-3H3/t9-,10-/m0/s1. The van der Waals surface area contributed by atoms with Gasteiger partial charge in [-0.1, -0.05) is 26.0 Å². The second kappa shape index (κ2) is 3.80. The largest absolute Gasteiger partial charge is 0.505 e. The minimum Gasteiger partial charge on any atom is -0.505 e. The molecule has 0 unspecified atom stereocenters. The second-order valence-electron chi connectivity index (χ2n) is 5.10. The van der Waals surface area contributed by atoms with Crippen molar-refractivity contribution in [2.45, 2.75) is 32.6 Å². The predicted molar refractivity (Wildman–Crippen MR) is 70.7 cm³/mol. The predicted octanol–water partition coefficient (Wildman–Crippen LogP) is 3.38. The Morgan fingerprint density at radius 2 is 1.72 bits per heavy atom. The van der Waals surface area contributed by atoms with Crippen LogP contribution in [0.4, 0.5) is 0 Å². The summed E-state index contributed by atoms with van der Waals surface area (Å²) in [4.78, 5) is 8.49. The highest BCUT2D eigenvalue weighted by Crippen LogP contribution is 2.50. The quantitative estimate of drug-likeness (QED) is 0.831. The number of nitrogens with zero attached hydrogens (tertiary/aromatic N) is 2. The molecule has 3 rings (SSSR count). The maximum atomic E-state index is 9.28. The van der Waals surface area contributed by atoms with Crippen LogP contribution < -0.4 is 0 Å². The Morgan fingerprint density at radius 3 is 2.39 bits per heavy atom. The first-order valence-electron chi connectivity index (χ1n) is 6.24. The van der Waals surface area contributed by atoms with Gasteiger partial charge >= 0.3 is 0 Å². The average molecular weight is 240 g/mol. The molecular weight excluding hydrogens is 224 g/mol. The van der Waals surface area contributed by atoms with Crippen molar-refractivity contribution in [2.24, 2.45) is 0 Å². The van der Waals surface area contributed by atoms with Crippen molar-refractivity contribution in [2.75, 3.05) is 0 Å². The van der Waals surface area contributed by atoms with E-state index in [0.717, 1.165) is 5.56 Å². The zero-order chi connectivity index (χ0) is 12.9. The summed E-state index contributed by atoms with van der Waals surface area (Å²) in [5, 5.41) is 9.28. The number of fused-ring (bicyclic) bond motifs is 1. The fourth-order valence-corrected chi connectivity index (χ4v) is 2.80. The van der Waals surface area contributed by atoms with Crippen LogP contribution in [0.1, 0.15) is 42.4 Å². The average Bonchev–Trinajstić information content (AvgIpc) is 2.39. The zero-order valence-corrected chi connectivity index (χ0v) is 10.8. The number of aromatic nitrogens is 2. The summed E-state index contributed by atoms with van der Waals surface area (Å²) >= 11 is 0. The van der Waals surface area contributed by atoms with Crippen molar-refractivity contribution in [1.82, 2.24) is 9.97 Å². The molecule has 0 saturated carbocycles. The number of benzene rings is 1. The Kier molecular flexibility index (Phi) is 2.37. The Morgan fingerprint density at radius 1 is 1.06 bits per heavy atom. The first-order chi connectivity index (χ1) is 8.59. The van der Waals surface area contributed by atoms with Crippen LogP contribution in [-0.2, 0) is 0 Å². The van der Waals surface area contributed by atoms with Crippen LogP contribution in [0.2, 0.25) is 0 Å². The number of rotatable bonds is 1. The van der Waals surface area contributed by atoms with Gasteiger partial charge in [-0.3, -0.25) is 0 Å². The monoisotopic (exact) mass is 240 g/mol. The highest BCUT2D eigenvalue weighted by atomic mass is 16.3. The summed E-state index contributed by atoms with van der Waals surface area (Å²) < 4.78 is 0. The van der Waals surface area contributed by atoms with Crippen molar-refractivity contribution in [3.05, 3.63) is 41.2 Å². The van der Waals surface area contributed by atoms with Crippen LogP contribution in [0.15, 0.2) is 24.5 Å². The van der Waals surface area contributed by atoms with Gasteiger partial charge in [0.1, 0.15) is 0 Å². The van der Waals surface area contributed by atoms with Crippen molar-refractivity contribution < 1.29 is 5.11 Å². The van der Waals surface area contributed by atoms with Crippen LogP contribution in [0.25, 0.3) is 11.4 Å². The van der Waals surface area contributed by atoms with E-state index in [4.69, 9.17) is 0 Å². The fraction of sp³-hybridized carbons (Fsp3) is 0.333. The molecule has 3 heteroatoms. The first-order valence-corrected chi connectivity index (χ1v) is 6.24. The Bertz CT molecular complexity index is 605. The minimum absolute atomic E-state index is 0.104. The molecule has 2 aromatic rings. The van der Waals surface area contributed by atoms with Gasteiger partial charge in [-0.15, -0.1) is 0 Å². The van der Waals surface area contributed by atoms with E-state index < -0.39 is 0 Å². The lowest BCUT2D eigenvalue weighted by Crippen LogP contribution is -2.21. The van der Waals surface area contributed by atoms with Gasteiger partial charge in [-0.2, -0.15) is 0 Å². The molecule has 0 fully saturated rings. The van der Waals surface area contributed by atoms with Gasteiger partial charge in [0.2, 0.25) is 0 Å². The third kappa shape index (κ3) is 1.43. The van der Waals surface area contributed by atoms with Crippen molar-refractivity contribution in [3.63, 3.8) is 0 Å². The van der Waals surface area contributed by atoms with E-state index in [0.29, 0.717) is 17.7 Å².